The van der Waals surface area contributed by atoms with E-state index in [0.717, 1.165) is 22.7 Å². The van der Waals surface area contributed by atoms with Crippen LogP contribution < -0.4 is 16.6 Å². The van der Waals surface area contributed by atoms with E-state index in [4.69, 9.17) is 0 Å². The Balaban J connectivity index is 2.32. The van der Waals surface area contributed by atoms with E-state index in [1.807, 2.05) is 18.0 Å². The third-order valence-corrected chi connectivity index (χ3v) is 3.25. The summed E-state index contributed by atoms with van der Waals surface area (Å²) in [6, 6.07) is 5.44. The molecule has 0 bridgehead atoms. The Morgan fingerprint density at radius 2 is 2.10 bits per heavy atom. The number of amides is 1. The predicted molar refractivity (Wildman–Crippen MR) is 79.2 cm³/mol. The van der Waals surface area contributed by atoms with Gasteiger partial charge in [-0.15, -0.1) is 0 Å². The monoisotopic (exact) mass is 337 g/mol. The van der Waals surface area contributed by atoms with E-state index in [1.165, 1.54) is 0 Å². The number of carbonyl (C=O) groups is 1. The van der Waals surface area contributed by atoms with Gasteiger partial charge in [-0.05, 0) is 30.2 Å². The molecule has 0 aliphatic rings. The van der Waals surface area contributed by atoms with Crippen LogP contribution in [-0.4, -0.2) is 15.9 Å². The lowest BCUT2D eigenvalue weighted by Gasteiger charge is -2.09. The second kappa shape index (κ2) is 5.87. The SMILES string of the molecule is CCc1cc(Br)ccc1NC(=O)c1c[nH]c(=O)[nH]c1=O. The first kappa shape index (κ1) is 14.3. The minimum absolute atomic E-state index is 0.144. The lowest BCUT2D eigenvalue weighted by Crippen LogP contribution is -2.29. The van der Waals surface area contributed by atoms with E-state index in [0.29, 0.717) is 5.69 Å². The molecule has 0 radical (unpaired) electrons. The van der Waals surface area contributed by atoms with Crippen molar-refractivity contribution in [2.45, 2.75) is 13.3 Å². The van der Waals surface area contributed by atoms with Crippen LogP contribution in [0.25, 0.3) is 0 Å². The minimum atomic E-state index is -0.721. The van der Waals surface area contributed by atoms with Crippen molar-refractivity contribution in [2.75, 3.05) is 5.32 Å². The third kappa shape index (κ3) is 3.05. The normalized spacial score (nSPS) is 10.3. The summed E-state index contributed by atoms with van der Waals surface area (Å²) in [5, 5.41) is 2.66. The van der Waals surface area contributed by atoms with Crippen molar-refractivity contribution in [1.82, 2.24) is 9.97 Å². The maximum Gasteiger partial charge on any atom is 0.325 e. The number of benzene rings is 1. The van der Waals surface area contributed by atoms with Crippen LogP contribution in [0.2, 0.25) is 0 Å². The Morgan fingerprint density at radius 3 is 2.75 bits per heavy atom. The zero-order valence-electron chi connectivity index (χ0n) is 10.6. The molecule has 0 unspecified atom stereocenters. The molecular weight excluding hydrogens is 326 g/mol. The molecular formula is C13H12BrN3O3. The van der Waals surface area contributed by atoms with Crippen LogP contribution in [0.3, 0.4) is 0 Å². The minimum Gasteiger partial charge on any atom is -0.322 e. The maximum absolute atomic E-state index is 12.0. The molecule has 0 atom stereocenters. The topological polar surface area (TPSA) is 94.8 Å². The summed E-state index contributed by atoms with van der Waals surface area (Å²) in [5.74, 6) is -0.570. The molecule has 20 heavy (non-hydrogen) atoms. The van der Waals surface area contributed by atoms with Crippen LogP contribution in [-0.2, 0) is 6.42 Å². The molecule has 0 aliphatic heterocycles. The number of rotatable bonds is 3. The standard InChI is InChI=1S/C13H12BrN3O3/c1-2-7-5-8(14)3-4-10(7)16-11(18)9-6-15-13(20)17-12(9)19/h3-6H,2H2,1H3,(H,16,18)(H2,15,17,19,20). The lowest BCUT2D eigenvalue weighted by atomic mass is 10.1. The Hall–Kier alpha value is -2.15. The van der Waals surface area contributed by atoms with Crippen LogP contribution in [0.4, 0.5) is 5.69 Å². The van der Waals surface area contributed by atoms with Crippen molar-refractivity contribution < 1.29 is 4.79 Å². The summed E-state index contributed by atoms with van der Waals surface area (Å²) >= 11 is 3.36. The largest absolute Gasteiger partial charge is 0.325 e. The summed E-state index contributed by atoms with van der Waals surface area (Å²) in [4.78, 5) is 38.8. The first-order chi connectivity index (χ1) is 9.51. The number of halogens is 1. The smallest absolute Gasteiger partial charge is 0.322 e. The second-order valence-corrected chi connectivity index (χ2v) is 5.01. The maximum atomic E-state index is 12.0. The first-order valence-electron chi connectivity index (χ1n) is 5.93. The van der Waals surface area contributed by atoms with Crippen molar-refractivity contribution in [3.8, 4) is 0 Å². The molecule has 0 saturated heterocycles. The van der Waals surface area contributed by atoms with E-state index < -0.39 is 17.2 Å². The van der Waals surface area contributed by atoms with Crippen LogP contribution >= 0.6 is 15.9 Å². The van der Waals surface area contributed by atoms with Crippen LogP contribution in [0, 0.1) is 0 Å². The number of aromatic amines is 2. The fraction of sp³-hybridized carbons (Fsp3) is 0.154. The average molecular weight is 338 g/mol. The van der Waals surface area contributed by atoms with E-state index in [2.05, 4.69) is 26.2 Å². The fourth-order valence-electron chi connectivity index (χ4n) is 1.74. The highest BCUT2D eigenvalue weighted by Gasteiger charge is 2.12. The highest BCUT2D eigenvalue weighted by atomic mass is 79.9. The number of H-pyrrole nitrogens is 2. The molecule has 2 aromatic rings. The van der Waals surface area contributed by atoms with Gasteiger partial charge in [0.2, 0.25) is 0 Å². The van der Waals surface area contributed by atoms with Gasteiger partial charge in [-0.1, -0.05) is 22.9 Å². The first-order valence-corrected chi connectivity index (χ1v) is 6.72. The third-order valence-electron chi connectivity index (χ3n) is 2.76. The molecule has 3 N–H and O–H groups in total. The Bertz CT molecular complexity index is 764. The number of carbonyl (C=O) groups excluding carboxylic acids is 1. The molecule has 1 aromatic carbocycles. The van der Waals surface area contributed by atoms with Gasteiger partial charge in [-0.2, -0.15) is 0 Å². The molecule has 0 saturated carbocycles. The van der Waals surface area contributed by atoms with Gasteiger partial charge in [0.1, 0.15) is 5.56 Å². The molecule has 1 amide bonds. The van der Waals surface area contributed by atoms with Gasteiger partial charge in [0.15, 0.2) is 0 Å². The molecule has 2 rings (SSSR count). The zero-order chi connectivity index (χ0) is 14.7. The summed E-state index contributed by atoms with van der Waals surface area (Å²) < 4.78 is 0.911. The van der Waals surface area contributed by atoms with E-state index in [1.54, 1.807) is 12.1 Å². The number of hydrogen-bond donors (Lipinski definition) is 3. The van der Waals surface area contributed by atoms with Gasteiger partial charge in [0.25, 0.3) is 11.5 Å². The quantitative estimate of drug-likeness (QED) is 0.794. The van der Waals surface area contributed by atoms with Crippen molar-refractivity contribution in [1.29, 1.82) is 0 Å². The zero-order valence-corrected chi connectivity index (χ0v) is 12.2. The summed E-state index contributed by atoms with van der Waals surface area (Å²) in [6.07, 6.45) is 1.83. The van der Waals surface area contributed by atoms with E-state index in [-0.39, 0.29) is 5.56 Å². The number of aryl methyl sites for hydroxylation is 1. The lowest BCUT2D eigenvalue weighted by molar-refractivity contribution is 0.102. The van der Waals surface area contributed by atoms with Gasteiger partial charge < -0.3 is 10.3 Å². The summed E-state index contributed by atoms with van der Waals surface area (Å²) in [6.45, 7) is 1.96. The molecule has 7 heteroatoms. The van der Waals surface area contributed by atoms with Gasteiger partial charge in [-0.25, -0.2) is 4.79 Å². The van der Waals surface area contributed by atoms with Crippen molar-refractivity contribution >= 4 is 27.5 Å². The molecule has 1 aromatic heterocycles. The fourth-order valence-corrected chi connectivity index (χ4v) is 2.15. The van der Waals surface area contributed by atoms with Crippen molar-refractivity contribution in [3.63, 3.8) is 0 Å². The van der Waals surface area contributed by atoms with Crippen molar-refractivity contribution in [3.05, 3.63) is 60.8 Å². The average Bonchev–Trinajstić information content (AvgIpc) is 2.40. The number of nitrogens with one attached hydrogen (secondary N) is 3. The van der Waals surface area contributed by atoms with Crippen LogP contribution in [0.1, 0.15) is 22.8 Å². The number of aromatic nitrogens is 2. The second-order valence-electron chi connectivity index (χ2n) is 4.09. The van der Waals surface area contributed by atoms with Gasteiger partial charge >= 0.3 is 5.69 Å². The Morgan fingerprint density at radius 1 is 1.35 bits per heavy atom. The van der Waals surface area contributed by atoms with E-state index in [9.17, 15) is 14.4 Å². The number of hydrogen-bond acceptors (Lipinski definition) is 3. The highest BCUT2D eigenvalue weighted by molar-refractivity contribution is 9.10. The molecule has 0 spiro atoms. The van der Waals surface area contributed by atoms with Crippen LogP contribution in [0.5, 0.6) is 0 Å². The molecule has 104 valence electrons. The highest BCUT2D eigenvalue weighted by Crippen LogP contribution is 2.21. The molecule has 6 nitrogen and oxygen atoms in total. The predicted octanol–water partition coefficient (Wildman–Crippen LogP) is 1.64. The van der Waals surface area contributed by atoms with Crippen molar-refractivity contribution in [2.24, 2.45) is 0 Å². The molecule has 1 heterocycles. The summed E-state index contributed by atoms with van der Waals surface area (Å²) in [5.41, 5.74) is 0.0558. The summed E-state index contributed by atoms with van der Waals surface area (Å²) in [7, 11) is 0. The van der Waals surface area contributed by atoms with Gasteiger partial charge in [0.05, 0.1) is 0 Å². The number of anilines is 1. The van der Waals surface area contributed by atoms with E-state index >= 15 is 0 Å². The molecule has 0 fully saturated rings. The Labute approximate surface area is 122 Å². The molecule has 0 aliphatic carbocycles. The van der Waals surface area contributed by atoms with Gasteiger partial charge in [0, 0.05) is 16.4 Å². The Kier molecular flexibility index (Phi) is 4.19. The van der Waals surface area contributed by atoms with Gasteiger partial charge in [-0.3, -0.25) is 14.6 Å². The van der Waals surface area contributed by atoms with Crippen LogP contribution in [0.15, 0.2) is 38.5 Å².